The van der Waals surface area contributed by atoms with Gasteiger partial charge in [0.1, 0.15) is 0 Å². The second kappa shape index (κ2) is 18.0. The first-order valence-electron chi connectivity index (χ1n) is 26.8. The highest BCUT2D eigenvalue weighted by molar-refractivity contribution is 7.25. The van der Waals surface area contributed by atoms with Gasteiger partial charge in [0.05, 0.1) is 11.0 Å². The van der Waals surface area contributed by atoms with Gasteiger partial charge in [-0.25, -0.2) is 0 Å². The lowest BCUT2D eigenvalue weighted by molar-refractivity contribution is 1.17. The fraction of sp³-hybridized carbons (Fsp3) is 0. The zero-order valence-electron chi connectivity index (χ0n) is 42.4. The predicted molar refractivity (Wildman–Crippen MR) is 333 cm³/mol. The van der Waals surface area contributed by atoms with Gasteiger partial charge in [-0.3, -0.25) is 0 Å². The number of benzene rings is 12. The van der Waals surface area contributed by atoms with Crippen LogP contribution < -0.4 is 67.1 Å². The average molecular weight is 1030 g/mol. The second-order valence-corrected chi connectivity index (χ2v) is 31.9. The summed E-state index contributed by atoms with van der Waals surface area (Å²) in [5.41, 5.74) is 7.36. The van der Waals surface area contributed by atoms with E-state index in [0.29, 0.717) is 0 Å². The first-order chi connectivity index (χ1) is 38.2. The topological polar surface area (TPSA) is 8.17 Å². The molecule has 5 heteroatoms. The zero-order valence-corrected chi connectivity index (χ0v) is 45.4. The fourth-order valence-corrected chi connectivity index (χ4v) is 29.2. The first-order valence-corrected chi connectivity index (χ1v) is 32.8. The van der Waals surface area contributed by atoms with Crippen molar-refractivity contribution in [1.29, 1.82) is 0 Å². The Hall–Kier alpha value is -9.11. The molecule has 0 unspecified atom stereocenters. The number of anilines is 3. The maximum absolute atomic E-state index is 3.10. The van der Waals surface area contributed by atoms with Gasteiger partial charge in [0.2, 0.25) is 0 Å². The van der Waals surface area contributed by atoms with Crippen LogP contribution in [0.4, 0.5) is 17.1 Å². The predicted octanol–water partition coefficient (Wildman–Crippen LogP) is 9.01. The minimum atomic E-state index is -3.10. The molecule has 12 aromatic carbocycles. The Morgan fingerprint density at radius 3 is 1.17 bits per heavy atom. The molecule has 0 amide bonds. The molecule has 0 N–H and O–H groups in total. The van der Waals surface area contributed by atoms with E-state index in [1.807, 2.05) is 0 Å². The van der Waals surface area contributed by atoms with Crippen LogP contribution in [-0.2, 0) is 0 Å². The van der Waals surface area contributed by atoms with Crippen molar-refractivity contribution in [3.8, 4) is 5.69 Å². The highest BCUT2D eigenvalue weighted by Gasteiger charge is 2.56. The molecule has 15 rings (SSSR count). The normalized spacial score (nSPS) is 13.9. The van der Waals surface area contributed by atoms with Gasteiger partial charge >= 0.3 is 0 Å². The summed E-state index contributed by atoms with van der Waals surface area (Å²) in [7, 11) is -8.97. The van der Waals surface area contributed by atoms with Gasteiger partial charge in [-0.15, -0.1) is 0 Å². The number of para-hydroxylation sites is 3. The van der Waals surface area contributed by atoms with E-state index in [-0.39, 0.29) is 0 Å². The Balaban J connectivity index is 1.07. The maximum atomic E-state index is 2.70. The lowest BCUT2D eigenvalue weighted by atomic mass is 10.1. The molecular formula is C72H52N2Si3. The third kappa shape index (κ3) is 6.45. The Morgan fingerprint density at radius 2 is 0.662 bits per heavy atom. The molecule has 0 atom stereocenters. The first kappa shape index (κ1) is 45.3. The maximum Gasteiger partial charge on any atom is 0.184 e. The highest BCUT2D eigenvalue weighted by Crippen LogP contribution is 2.43. The van der Waals surface area contributed by atoms with Crippen LogP contribution in [0, 0.1) is 0 Å². The van der Waals surface area contributed by atoms with Gasteiger partial charge in [-0.1, -0.05) is 285 Å². The van der Waals surface area contributed by atoms with Crippen molar-refractivity contribution >= 4 is 125 Å². The van der Waals surface area contributed by atoms with Gasteiger partial charge in [0.15, 0.2) is 24.2 Å². The molecule has 2 aliphatic rings. The molecule has 0 spiro atoms. The lowest BCUT2D eigenvalue weighted by Gasteiger charge is -2.52. The quantitative estimate of drug-likeness (QED) is 0.104. The van der Waals surface area contributed by atoms with Crippen molar-refractivity contribution in [2.75, 3.05) is 4.90 Å². The van der Waals surface area contributed by atoms with E-state index in [1.165, 1.54) is 101 Å². The van der Waals surface area contributed by atoms with Crippen LogP contribution in [0.25, 0.3) is 27.5 Å². The summed E-state index contributed by atoms with van der Waals surface area (Å²) < 4.78 is 2.58. The molecule has 77 heavy (non-hydrogen) atoms. The van der Waals surface area contributed by atoms with Crippen molar-refractivity contribution in [2.45, 2.75) is 0 Å². The van der Waals surface area contributed by atoms with Crippen molar-refractivity contribution in [3.63, 3.8) is 0 Å². The number of hydrogen-bond donors (Lipinski definition) is 0. The summed E-state index contributed by atoms with van der Waals surface area (Å²) in [6.07, 6.45) is 0. The summed E-state index contributed by atoms with van der Waals surface area (Å²) in [5.74, 6) is 0. The van der Waals surface area contributed by atoms with Crippen LogP contribution in [0.2, 0.25) is 0 Å². The van der Waals surface area contributed by atoms with E-state index in [9.17, 15) is 0 Å². The Morgan fingerprint density at radius 1 is 0.260 bits per heavy atom. The summed E-state index contributed by atoms with van der Waals surface area (Å²) in [4.78, 5) is 2.70. The molecule has 0 saturated heterocycles. The number of aromatic nitrogens is 1. The van der Waals surface area contributed by atoms with Crippen LogP contribution in [0.15, 0.2) is 315 Å². The second-order valence-electron chi connectivity index (χ2n) is 20.7. The standard InChI is InChI=1S/C72H52N2Si3/c1-8-27-54(28-9-1)75(55-29-10-2-11-30-55,56-31-12-3-13-32-56)61-48-49-63-62-41-22-23-42-64(62)73(66(63)52-61)53-47-50-69-67(51-53)74-65-43-24-25-44-68(65)76(57-33-14-4-15-34-57,58-35-16-5-17-36-58)70-45-26-46-71(72(70)74)77(69,59-37-18-6-19-38-59)60-39-20-7-21-40-60/h1-52H. The van der Waals surface area contributed by atoms with Gasteiger partial charge in [-0.05, 0) is 92.6 Å². The SMILES string of the molecule is c1ccc([Si](c2ccccc2)(c2ccccc2)c2ccc3c4ccccc4n(-c4ccc5c(c4)N4c6ccccc6[Si](c6ccccc6)(c6ccccc6)c6cccc(c64)[Si]5(c4ccccc4)c4ccccc4)c3c2)cc1. The van der Waals surface area contributed by atoms with Crippen molar-refractivity contribution < 1.29 is 0 Å². The number of nitrogens with zero attached hydrogens (tertiary/aromatic N) is 2. The van der Waals surface area contributed by atoms with Gasteiger partial charge in [0.25, 0.3) is 0 Å². The fourth-order valence-electron chi connectivity index (χ4n) is 14.1. The van der Waals surface area contributed by atoms with Crippen molar-refractivity contribution in [1.82, 2.24) is 4.57 Å². The Bertz CT molecular complexity index is 4130. The van der Waals surface area contributed by atoms with Crippen LogP contribution in [0.3, 0.4) is 0 Å². The Labute approximate surface area is 453 Å². The minimum Gasteiger partial charge on any atom is -0.311 e. The van der Waals surface area contributed by atoms with E-state index < -0.39 is 24.2 Å². The summed E-state index contributed by atoms with van der Waals surface area (Å²) in [6, 6.07) is 121. The largest absolute Gasteiger partial charge is 0.311 e. The molecule has 0 saturated carbocycles. The third-order valence-corrected chi connectivity index (χ3v) is 31.5. The van der Waals surface area contributed by atoms with Crippen LogP contribution in [-0.4, -0.2) is 28.8 Å². The van der Waals surface area contributed by atoms with Gasteiger partial charge in [-0.2, -0.15) is 0 Å². The molecule has 0 fully saturated rings. The van der Waals surface area contributed by atoms with Gasteiger partial charge < -0.3 is 9.47 Å². The van der Waals surface area contributed by atoms with Crippen LogP contribution in [0.5, 0.6) is 0 Å². The number of rotatable bonds is 9. The van der Waals surface area contributed by atoms with Gasteiger partial charge in [0, 0.05) is 33.5 Å². The molecule has 0 aliphatic carbocycles. The smallest absolute Gasteiger partial charge is 0.184 e. The monoisotopic (exact) mass is 1030 g/mol. The average Bonchev–Trinajstić information content (AvgIpc) is 3.90. The third-order valence-electron chi connectivity index (χ3n) is 17.1. The Kier molecular flexibility index (Phi) is 10.6. The molecule has 13 aromatic rings. The van der Waals surface area contributed by atoms with E-state index >= 15 is 0 Å². The van der Waals surface area contributed by atoms with Crippen molar-refractivity contribution in [3.05, 3.63) is 315 Å². The summed E-state index contributed by atoms with van der Waals surface area (Å²) in [6.45, 7) is 0. The molecule has 0 bridgehead atoms. The minimum absolute atomic E-state index is 1.14. The molecular weight excluding hydrogens is 977 g/mol. The molecule has 2 nitrogen and oxygen atoms in total. The number of fused-ring (bicyclic) bond motifs is 7. The lowest BCUT2D eigenvalue weighted by Crippen LogP contribution is -2.82. The summed E-state index contributed by atoms with van der Waals surface area (Å²) in [5, 5.41) is 19.1. The van der Waals surface area contributed by atoms with Crippen molar-refractivity contribution in [2.24, 2.45) is 0 Å². The number of hydrogen-bond acceptors (Lipinski definition) is 1. The highest BCUT2D eigenvalue weighted by atomic mass is 28.3. The zero-order chi connectivity index (χ0) is 51.0. The molecule has 1 aromatic heterocycles. The molecule has 362 valence electrons. The summed E-state index contributed by atoms with van der Waals surface area (Å²) >= 11 is 0. The molecule has 0 radical (unpaired) electrons. The molecule has 2 aliphatic heterocycles. The van der Waals surface area contributed by atoms with E-state index in [4.69, 9.17) is 0 Å². The van der Waals surface area contributed by atoms with E-state index in [0.717, 1.165) is 5.69 Å². The van der Waals surface area contributed by atoms with Crippen LogP contribution in [0.1, 0.15) is 0 Å². The van der Waals surface area contributed by atoms with E-state index in [2.05, 4.69) is 325 Å². The molecule has 3 heterocycles. The van der Waals surface area contributed by atoms with E-state index in [1.54, 1.807) is 0 Å². The van der Waals surface area contributed by atoms with Crippen LogP contribution >= 0.6 is 0 Å².